The van der Waals surface area contributed by atoms with Gasteiger partial charge in [-0.05, 0) is 18.6 Å². The number of hydrogen-bond donors (Lipinski definition) is 1. The maximum Gasteiger partial charge on any atom is 0.418 e. The summed E-state index contributed by atoms with van der Waals surface area (Å²) >= 11 is 0. The van der Waals surface area contributed by atoms with Gasteiger partial charge in [-0.2, -0.15) is 13.2 Å². The van der Waals surface area contributed by atoms with Crippen LogP contribution in [-0.2, 0) is 15.8 Å². The van der Waals surface area contributed by atoms with Crippen molar-refractivity contribution in [3.05, 3.63) is 29.8 Å². The van der Waals surface area contributed by atoms with Crippen molar-refractivity contribution in [1.82, 2.24) is 5.32 Å². The van der Waals surface area contributed by atoms with Crippen LogP contribution >= 0.6 is 0 Å². The van der Waals surface area contributed by atoms with Gasteiger partial charge in [-0.15, -0.1) is 0 Å². The van der Waals surface area contributed by atoms with Crippen molar-refractivity contribution in [2.45, 2.75) is 32.9 Å². The monoisotopic (exact) mass is 316 g/mol. The highest BCUT2D eigenvalue weighted by Crippen LogP contribution is 2.36. The number of anilines is 1. The lowest BCUT2D eigenvalue weighted by Crippen LogP contribution is -2.41. The van der Waals surface area contributed by atoms with Crippen LogP contribution in [0, 0.1) is 0 Å². The summed E-state index contributed by atoms with van der Waals surface area (Å²) in [6.07, 6.45) is -2.94. The number of nitrogens with zero attached hydrogens (tertiary/aromatic N) is 1. The summed E-state index contributed by atoms with van der Waals surface area (Å²) in [6, 6.07) is 4.71. The highest BCUT2D eigenvalue weighted by molar-refractivity contribution is 5.98. The van der Waals surface area contributed by atoms with E-state index in [2.05, 4.69) is 5.32 Å². The number of halogens is 3. The van der Waals surface area contributed by atoms with Crippen LogP contribution in [0.4, 0.5) is 18.9 Å². The van der Waals surface area contributed by atoms with Crippen LogP contribution in [0.5, 0.6) is 0 Å². The number of carbonyl (C=O) groups is 2. The standard InChI is InChI=1S/C15H19F3N2O2/c1-3-4-9-19-14(22)10-20(11(2)21)13-8-6-5-7-12(13)15(16,17)18/h5-8H,3-4,9-10H2,1-2H3,(H,19,22). The highest BCUT2D eigenvalue weighted by Gasteiger charge is 2.35. The Kier molecular flexibility index (Phi) is 6.39. The molecule has 122 valence electrons. The maximum absolute atomic E-state index is 13.0. The molecule has 1 rings (SSSR count). The molecule has 0 atom stereocenters. The van der Waals surface area contributed by atoms with E-state index in [9.17, 15) is 22.8 Å². The van der Waals surface area contributed by atoms with Crippen molar-refractivity contribution in [3.8, 4) is 0 Å². The first-order valence-corrected chi connectivity index (χ1v) is 6.98. The molecule has 0 aliphatic carbocycles. The molecule has 0 unspecified atom stereocenters. The van der Waals surface area contributed by atoms with Gasteiger partial charge in [0.25, 0.3) is 0 Å². The van der Waals surface area contributed by atoms with E-state index in [0.29, 0.717) is 6.54 Å². The van der Waals surface area contributed by atoms with E-state index in [4.69, 9.17) is 0 Å². The number of alkyl halides is 3. The van der Waals surface area contributed by atoms with Gasteiger partial charge < -0.3 is 10.2 Å². The SMILES string of the molecule is CCCCNC(=O)CN(C(C)=O)c1ccccc1C(F)(F)F. The minimum Gasteiger partial charge on any atom is -0.355 e. The average molecular weight is 316 g/mol. The lowest BCUT2D eigenvalue weighted by atomic mass is 10.1. The second kappa shape index (κ2) is 7.82. The van der Waals surface area contributed by atoms with Gasteiger partial charge in [0.15, 0.2) is 0 Å². The first-order chi connectivity index (χ1) is 10.3. The van der Waals surface area contributed by atoms with Crippen molar-refractivity contribution < 1.29 is 22.8 Å². The summed E-state index contributed by atoms with van der Waals surface area (Å²) in [5, 5.41) is 2.58. The van der Waals surface area contributed by atoms with Crippen molar-refractivity contribution >= 4 is 17.5 Å². The van der Waals surface area contributed by atoms with E-state index in [1.807, 2.05) is 6.92 Å². The van der Waals surface area contributed by atoms with Crippen molar-refractivity contribution in [3.63, 3.8) is 0 Å². The molecule has 2 amide bonds. The quantitative estimate of drug-likeness (QED) is 0.820. The van der Waals surface area contributed by atoms with Gasteiger partial charge in [-0.3, -0.25) is 9.59 Å². The van der Waals surface area contributed by atoms with E-state index in [0.717, 1.165) is 30.7 Å². The van der Waals surface area contributed by atoms with Crippen LogP contribution in [0.3, 0.4) is 0 Å². The number of nitrogens with one attached hydrogen (secondary N) is 1. The van der Waals surface area contributed by atoms with E-state index < -0.39 is 30.1 Å². The van der Waals surface area contributed by atoms with Gasteiger partial charge >= 0.3 is 6.18 Å². The van der Waals surface area contributed by atoms with Crippen molar-refractivity contribution in [1.29, 1.82) is 0 Å². The number of amides is 2. The second-order valence-corrected chi connectivity index (χ2v) is 4.82. The number of para-hydroxylation sites is 1. The number of rotatable bonds is 6. The molecule has 0 aromatic heterocycles. The Labute approximate surface area is 127 Å². The Morgan fingerprint density at radius 2 is 1.86 bits per heavy atom. The Morgan fingerprint density at radius 3 is 2.41 bits per heavy atom. The van der Waals surface area contributed by atoms with Crippen LogP contribution in [0.25, 0.3) is 0 Å². The summed E-state index contributed by atoms with van der Waals surface area (Å²) in [5.74, 6) is -1.11. The predicted octanol–water partition coefficient (Wildman–Crippen LogP) is 2.97. The fourth-order valence-electron chi connectivity index (χ4n) is 1.92. The maximum atomic E-state index is 13.0. The zero-order valence-corrected chi connectivity index (χ0v) is 12.5. The van der Waals surface area contributed by atoms with Crippen LogP contribution in [-0.4, -0.2) is 24.9 Å². The van der Waals surface area contributed by atoms with E-state index in [-0.39, 0.29) is 5.69 Å². The van der Waals surface area contributed by atoms with Gasteiger partial charge in [-0.1, -0.05) is 25.5 Å². The first-order valence-electron chi connectivity index (χ1n) is 6.98. The van der Waals surface area contributed by atoms with Crippen molar-refractivity contribution in [2.24, 2.45) is 0 Å². The fourth-order valence-corrected chi connectivity index (χ4v) is 1.92. The highest BCUT2D eigenvalue weighted by atomic mass is 19.4. The van der Waals surface area contributed by atoms with Gasteiger partial charge in [0.05, 0.1) is 11.3 Å². The Balaban J connectivity index is 2.98. The summed E-state index contributed by atoms with van der Waals surface area (Å²) < 4.78 is 39.1. The molecule has 0 heterocycles. The minimum atomic E-state index is -4.59. The summed E-state index contributed by atoms with van der Waals surface area (Å²) in [4.78, 5) is 24.3. The molecule has 0 bridgehead atoms. The zero-order valence-electron chi connectivity index (χ0n) is 12.5. The normalized spacial score (nSPS) is 11.1. The smallest absolute Gasteiger partial charge is 0.355 e. The molecule has 0 spiro atoms. The minimum absolute atomic E-state index is 0.312. The third-order valence-corrected chi connectivity index (χ3v) is 3.03. The molecule has 0 radical (unpaired) electrons. The molecule has 1 N–H and O–H groups in total. The van der Waals surface area contributed by atoms with Gasteiger partial charge in [0.2, 0.25) is 11.8 Å². The molecular formula is C15H19F3N2O2. The number of hydrogen-bond acceptors (Lipinski definition) is 2. The van der Waals surface area contributed by atoms with Crippen LogP contribution in [0.2, 0.25) is 0 Å². The number of benzene rings is 1. The average Bonchev–Trinajstić information content (AvgIpc) is 2.44. The second-order valence-electron chi connectivity index (χ2n) is 4.82. The van der Waals surface area contributed by atoms with E-state index in [1.54, 1.807) is 0 Å². The molecule has 4 nitrogen and oxygen atoms in total. The van der Waals surface area contributed by atoms with Crippen LogP contribution in [0.1, 0.15) is 32.3 Å². The third-order valence-electron chi connectivity index (χ3n) is 3.03. The molecule has 7 heteroatoms. The predicted molar refractivity (Wildman–Crippen MR) is 77.4 cm³/mol. The number of unbranched alkanes of at least 4 members (excludes halogenated alkanes) is 1. The lowest BCUT2D eigenvalue weighted by molar-refractivity contribution is -0.137. The van der Waals surface area contributed by atoms with Crippen LogP contribution in [0.15, 0.2) is 24.3 Å². The summed E-state index contributed by atoms with van der Waals surface area (Å²) in [5.41, 5.74) is -1.25. The third kappa shape index (κ3) is 5.05. The van der Waals surface area contributed by atoms with Crippen LogP contribution < -0.4 is 10.2 Å². The fraction of sp³-hybridized carbons (Fsp3) is 0.467. The van der Waals surface area contributed by atoms with Gasteiger partial charge in [0, 0.05) is 13.5 Å². The Hall–Kier alpha value is -2.05. The van der Waals surface area contributed by atoms with Crippen molar-refractivity contribution in [2.75, 3.05) is 18.0 Å². The van der Waals surface area contributed by atoms with Gasteiger partial charge in [0.1, 0.15) is 6.54 Å². The molecule has 0 aliphatic heterocycles. The van der Waals surface area contributed by atoms with E-state index in [1.165, 1.54) is 18.2 Å². The Morgan fingerprint density at radius 1 is 1.23 bits per heavy atom. The topological polar surface area (TPSA) is 49.4 Å². The molecule has 22 heavy (non-hydrogen) atoms. The lowest BCUT2D eigenvalue weighted by Gasteiger charge is -2.24. The molecule has 1 aromatic carbocycles. The number of carbonyl (C=O) groups excluding carboxylic acids is 2. The molecule has 0 fully saturated rings. The largest absolute Gasteiger partial charge is 0.418 e. The van der Waals surface area contributed by atoms with E-state index >= 15 is 0 Å². The molecular weight excluding hydrogens is 297 g/mol. The molecule has 0 saturated heterocycles. The summed E-state index contributed by atoms with van der Waals surface area (Å²) in [6.45, 7) is 3.08. The first kappa shape index (κ1) is 18.0. The molecule has 0 aliphatic rings. The Bertz CT molecular complexity index is 530. The molecule has 0 saturated carbocycles. The molecule has 1 aromatic rings. The summed E-state index contributed by atoms with van der Waals surface area (Å²) in [7, 11) is 0. The zero-order chi connectivity index (χ0) is 16.8. The van der Waals surface area contributed by atoms with Gasteiger partial charge in [-0.25, -0.2) is 0 Å².